The molecule has 0 unspecified atom stereocenters. The number of furan rings is 1. The van der Waals surface area contributed by atoms with Gasteiger partial charge in [0.1, 0.15) is 16.8 Å². The molecule has 2 aromatic heterocycles. The first kappa shape index (κ1) is 15.8. The third kappa shape index (κ3) is 2.43. The predicted octanol–water partition coefficient (Wildman–Crippen LogP) is 6.76. The lowest BCUT2D eigenvalue weighted by Gasteiger charge is -2.11. The van der Waals surface area contributed by atoms with Crippen LogP contribution in [0.3, 0.4) is 0 Å². The van der Waals surface area contributed by atoms with Crippen molar-refractivity contribution in [2.24, 2.45) is 0 Å². The second kappa shape index (κ2) is 6.06. The summed E-state index contributed by atoms with van der Waals surface area (Å²) in [7, 11) is 0. The molecule has 2 heterocycles. The maximum Gasteiger partial charge on any atom is 0.164 e. The van der Waals surface area contributed by atoms with E-state index in [-0.39, 0.29) is 5.82 Å². The lowest BCUT2D eigenvalue weighted by Crippen LogP contribution is -1.96. The normalized spacial score (nSPS) is 11.3. The van der Waals surface area contributed by atoms with Gasteiger partial charge < -0.3 is 4.42 Å². The third-order valence-electron chi connectivity index (χ3n) is 4.91. The van der Waals surface area contributed by atoms with Crippen LogP contribution in [0.25, 0.3) is 44.5 Å². The van der Waals surface area contributed by atoms with Gasteiger partial charge in [0, 0.05) is 10.9 Å². The molecule has 0 radical (unpaired) electrons. The molecule has 130 valence electrons. The average molecular weight is 353 g/mol. The van der Waals surface area contributed by atoms with Crippen molar-refractivity contribution in [2.75, 3.05) is 0 Å². The molecular formula is C24H16FNO. The number of pyridine rings is 1. The Bertz CT molecular complexity index is 1290. The minimum Gasteiger partial charge on any atom is -0.454 e. The van der Waals surface area contributed by atoms with Gasteiger partial charge in [-0.05, 0) is 30.2 Å². The molecule has 2 nitrogen and oxygen atoms in total. The summed E-state index contributed by atoms with van der Waals surface area (Å²) in [5.41, 5.74) is 5.24. The number of aromatic nitrogens is 1. The molecule has 0 saturated carbocycles. The fraction of sp³-hybridized carbons (Fsp3) is 0.0417. The van der Waals surface area contributed by atoms with Crippen LogP contribution in [-0.2, 0) is 0 Å². The van der Waals surface area contributed by atoms with E-state index in [4.69, 9.17) is 4.42 Å². The minimum absolute atomic E-state index is 0.341. The van der Waals surface area contributed by atoms with Gasteiger partial charge in [-0.25, -0.2) is 9.37 Å². The van der Waals surface area contributed by atoms with Crippen LogP contribution in [0.15, 0.2) is 83.3 Å². The van der Waals surface area contributed by atoms with Gasteiger partial charge >= 0.3 is 0 Å². The second-order valence-electron chi connectivity index (χ2n) is 6.61. The fourth-order valence-corrected chi connectivity index (χ4v) is 3.57. The zero-order valence-electron chi connectivity index (χ0n) is 14.7. The molecule has 0 amide bonds. The Morgan fingerprint density at radius 3 is 2.33 bits per heavy atom. The van der Waals surface area contributed by atoms with E-state index in [9.17, 15) is 0 Å². The van der Waals surface area contributed by atoms with Crippen LogP contribution in [0.1, 0.15) is 5.56 Å². The van der Waals surface area contributed by atoms with Crippen molar-refractivity contribution in [3.8, 4) is 22.4 Å². The summed E-state index contributed by atoms with van der Waals surface area (Å²) in [5.74, 6) is -0.359. The Morgan fingerprint density at radius 2 is 1.52 bits per heavy atom. The predicted molar refractivity (Wildman–Crippen MR) is 107 cm³/mol. The number of para-hydroxylation sites is 1. The van der Waals surface area contributed by atoms with Crippen molar-refractivity contribution >= 4 is 22.1 Å². The van der Waals surface area contributed by atoms with Gasteiger partial charge in [-0.3, -0.25) is 0 Å². The topological polar surface area (TPSA) is 26.0 Å². The van der Waals surface area contributed by atoms with E-state index < -0.39 is 0 Å². The van der Waals surface area contributed by atoms with Crippen molar-refractivity contribution in [2.45, 2.75) is 6.92 Å². The van der Waals surface area contributed by atoms with Gasteiger partial charge in [0.2, 0.25) is 0 Å². The van der Waals surface area contributed by atoms with Crippen LogP contribution >= 0.6 is 0 Å². The maximum atomic E-state index is 15.8. The van der Waals surface area contributed by atoms with Crippen molar-refractivity contribution in [3.05, 3.63) is 90.2 Å². The van der Waals surface area contributed by atoms with Crippen LogP contribution in [0.2, 0.25) is 0 Å². The SMILES string of the molecule is Cc1ccccc1-c1c(F)c(-c2ccccc2)nc2c1oc1ccccc12. The number of aryl methyl sites for hydroxylation is 1. The first-order valence-corrected chi connectivity index (χ1v) is 8.86. The molecule has 27 heavy (non-hydrogen) atoms. The Labute approximate surface area is 155 Å². The summed E-state index contributed by atoms with van der Waals surface area (Å²) in [4.78, 5) is 4.68. The van der Waals surface area contributed by atoms with E-state index in [0.29, 0.717) is 27.9 Å². The Morgan fingerprint density at radius 1 is 0.815 bits per heavy atom. The van der Waals surface area contributed by atoms with Crippen molar-refractivity contribution in [1.82, 2.24) is 4.98 Å². The monoisotopic (exact) mass is 353 g/mol. The molecule has 0 saturated heterocycles. The van der Waals surface area contributed by atoms with Gasteiger partial charge in [0.15, 0.2) is 11.4 Å². The Balaban J connectivity index is 1.97. The standard InChI is InChI=1S/C24H16FNO/c1-15-9-5-6-12-17(15)20-21(25)22(16-10-3-2-4-11-16)26-23-18-13-7-8-14-19(18)27-24(20)23/h2-14H,1H3. The maximum absolute atomic E-state index is 15.8. The van der Waals surface area contributed by atoms with Gasteiger partial charge in [-0.2, -0.15) is 0 Å². The summed E-state index contributed by atoms with van der Waals surface area (Å²) in [5, 5.41) is 0.888. The van der Waals surface area contributed by atoms with Crippen LogP contribution in [0.4, 0.5) is 4.39 Å². The number of hydrogen-bond donors (Lipinski definition) is 0. The average Bonchev–Trinajstić information content (AvgIpc) is 3.07. The molecule has 3 aromatic carbocycles. The molecule has 0 aliphatic rings. The molecule has 0 aliphatic heterocycles. The number of hydrogen-bond acceptors (Lipinski definition) is 2. The number of nitrogens with zero attached hydrogens (tertiary/aromatic N) is 1. The number of benzene rings is 3. The number of rotatable bonds is 2. The first-order valence-electron chi connectivity index (χ1n) is 8.86. The van der Waals surface area contributed by atoms with Crippen molar-refractivity contribution < 1.29 is 8.81 Å². The Kier molecular flexibility index (Phi) is 3.54. The smallest absolute Gasteiger partial charge is 0.164 e. The van der Waals surface area contributed by atoms with Gasteiger partial charge in [-0.1, -0.05) is 66.7 Å². The highest BCUT2D eigenvalue weighted by Gasteiger charge is 2.23. The fourth-order valence-electron chi connectivity index (χ4n) is 3.57. The Hall–Kier alpha value is -3.46. The van der Waals surface area contributed by atoms with Crippen LogP contribution < -0.4 is 0 Å². The van der Waals surface area contributed by atoms with Gasteiger partial charge in [-0.15, -0.1) is 0 Å². The van der Waals surface area contributed by atoms with Crippen molar-refractivity contribution in [3.63, 3.8) is 0 Å². The molecule has 0 atom stereocenters. The number of fused-ring (bicyclic) bond motifs is 3. The van der Waals surface area contributed by atoms with Crippen molar-refractivity contribution in [1.29, 1.82) is 0 Å². The zero-order chi connectivity index (χ0) is 18.4. The third-order valence-corrected chi connectivity index (χ3v) is 4.91. The summed E-state index contributed by atoms with van der Waals surface area (Å²) < 4.78 is 21.8. The molecule has 0 N–H and O–H groups in total. The lowest BCUT2D eigenvalue weighted by atomic mass is 9.97. The van der Waals surface area contributed by atoms with E-state index in [1.54, 1.807) is 0 Å². The minimum atomic E-state index is -0.359. The molecule has 5 aromatic rings. The molecule has 0 spiro atoms. The second-order valence-corrected chi connectivity index (χ2v) is 6.61. The lowest BCUT2D eigenvalue weighted by molar-refractivity contribution is 0.620. The molecule has 0 aliphatic carbocycles. The highest BCUT2D eigenvalue weighted by Crippen LogP contribution is 2.40. The highest BCUT2D eigenvalue weighted by molar-refractivity contribution is 6.08. The molecule has 3 heteroatoms. The van der Waals surface area contributed by atoms with Gasteiger partial charge in [0.05, 0.1) is 5.56 Å². The van der Waals surface area contributed by atoms with Gasteiger partial charge in [0.25, 0.3) is 0 Å². The van der Waals surface area contributed by atoms with E-state index in [0.717, 1.165) is 22.1 Å². The summed E-state index contributed by atoms with van der Waals surface area (Å²) in [6.07, 6.45) is 0. The summed E-state index contributed by atoms with van der Waals surface area (Å²) in [6, 6.07) is 24.9. The largest absolute Gasteiger partial charge is 0.454 e. The van der Waals surface area contributed by atoms with E-state index >= 15 is 4.39 Å². The molecule has 0 fully saturated rings. The van der Waals surface area contributed by atoms with Crippen LogP contribution in [0.5, 0.6) is 0 Å². The molecule has 0 bridgehead atoms. The highest BCUT2D eigenvalue weighted by atomic mass is 19.1. The van der Waals surface area contributed by atoms with Crippen LogP contribution in [-0.4, -0.2) is 4.98 Å². The van der Waals surface area contributed by atoms with E-state index in [1.807, 2.05) is 85.8 Å². The van der Waals surface area contributed by atoms with Crippen LogP contribution in [0, 0.1) is 12.7 Å². The van der Waals surface area contributed by atoms with E-state index in [2.05, 4.69) is 4.98 Å². The molecular weight excluding hydrogens is 337 g/mol. The summed E-state index contributed by atoms with van der Waals surface area (Å²) in [6.45, 7) is 1.98. The van der Waals surface area contributed by atoms with E-state index in [1.165, 1.54) is 0 Å². The quantitative estimate of drug-likeness (QED) is 0.350. The first-order chi connectivity index (χ1) is 13.2. The number of halogens is 1. The summed E-state index contributed by atoms with van der Waals surface area (Å²) >= 11 is 0. The zero-order valence-corrected chi connectivity index (χ0v) is 14.7. The molecule has 5 rings (SSSR count).